The van der Waals surface area contributed by atoms with Gasteiger partial charge in [0, 0.05) is 17.2 Å². The first-order valence-electron chi connectivity index (χ1n) is 10.0. The molecule has 4 heteroatoms. The maximum atomic E-state index is 12.6. The fourth-order valence-corrected chi connectivity index (χ4v) is 2.81. The largest absolute Gasteiger partial charge is 0.497 e. The van der Waals surface area contributed by atoms with Crippen molar-refractivity contribution >= 4 is 11.9 Å². The van der Waals surface area contributed by atoms with Crippen LogP contribution >= 0.6 is 0 Å². The molecule has 2 aromatic rings. The van der Waals surface area contributed by atoms with Crippen LogP contribution < -0.4 is 14.2 Å². The number of carbonyl (C=O) groups is 1. The molecule has 0 saturated heterocycles. The smallest absolute Gasteiger partial charge is 0.185 e. The second kappa shape index (κ2) is 11.7. The van der Waals surface area contributed by atoms with Gasteiger partial charge in [0.1, 0.15) is 17.2 Å². The highest BCUT2D eigenvalue weighted by Crippen LogP contribution is 2.31. The van der Waals surface area contributed by atoms with Gasteiger partial charge >= 0.3 is 0 Å². The zero-order valence-corrected chi connectivity index (χ0v) is 17.6. The molecule has 2 rings (SSSR count). The highest BCUT2D eigenvalue weighted by molar-refractivity contribution is 6.07. The second-order valence-corrected chi connectivity index (χ2v) is 6.60. The first-order valence-corrected chi connectivity index (χ1v) is 10.0. The summed E-state index contributed by atoms with van der Waals surface area (Å²) in [6, 6.07) is 10.9. The summed E-state index contributed by atoms with van der Waals surface area (Å²) in [7, 11) is 1.60. The van der Waals surface area contributed by atoms with E-state index in [-0.39, 0.29) is 5.78 Å². The molecule has 0 bridgehead atoms. The number of ether oxygens (including phenoxy) is 3. The lowest BCUT2D eigenvalue weighted by molar-refractivity contribution is 0.104. The van der Waals surface area contributed by atoms with Gasteiger partial charge in [0.15, 0.2) is 5.78 Å². The van der Waals surface area contributed by atoms with Crippen LogP contribution in [0.4, 0.5) is 0 Å². The minimum Gasteiger partial charge on any atom is -0.497 e. The van der Waals surface area contributed by atoms with Crippen LogP contribution in [0.3, 0.4) is 0 Å². The Hall–Kier alpha value is -3.01. The fourth-order valence-electron chi connectivity index (χ4n) is 2.81. The van der Waals surface area contributed by atoms with E-state index < -0.39 is 0 Å². The lowest BCUT2D eigenvalue weighted by atomic mass is 10.0. The predicted octanol–water partition coefficient (Wildman–Crippen LogP) is 5.90. The van der Waals surface area contributed by atoms with Gasteiger partial charge in [-0.1, -0.05) is 26.0 Å². The SMILES string of the molecule is C=CCc1c(C=CC(=O)c2ccc(OC)cc2)cc(OCCC)cc1OCCC. The third kappa shape index (κ3) is 6.53. The van der Waals surface area contributed by atoms with E-state index >= 15 is 0 Å². The van der Waals surface area contributed by atoms with Crippen molar-refractivity contribution in [3.63, 3.8) is 0 Å². The average molecular weight is 395 g/mol. The molecule has 0 fully saturated rings. The maximum Gasteiger partial charge on any atom is 0.185 e. The van der Waals surface area contributed by atoms with Crippen LogP contribution in [0.25, 0.3) is 6.08 Å². The van der Waals surface area contributed by atoms with Crippen LogP contribution in [0, 0.1) is 0 Å². The Morgan fingerprint density at radius 2 is 1.69 bits per heavy atom. The van der Waals surface area contributed by atoms with E-state index in [9.17, 15) is 4.79 Å². The Kier molecular flexibility index (Phi) is 9.03. The highest BCUT2D eigenvalue weighted by Gasteiger charge is 2.12. The molecule has 0 radical (unpaired) electrons. The first-order chi connectivity index (χ1) is 14.1. The number of rotatable bonds is 12. The molecule has 2 aromatic carbocycles. The van der Waals surface area contributed by atoms with Gasteiger partial charge in [-0.3, -0.25) is 4.79 Å². The molecule has 0 aromatic heterocycles. The van der Waals surface area contributed by atoms with Crippen molar-refractivity contribution < 1.29 is 19.0 Å². The van der Waals surface area contributed by atoms with E-state index in [4.69, 9.17) is 14.2 Å². The molecule has 0 saturated carbocycles. The number of allylic oxidation sites excluding steroid dienone is 2. The summed E-state index contributed by atoms with van der Waals surface area (Å²) in [5.74, 6) is 2.16. The summed E-state index contributed by atoms with van der Waals surface area (Å²) < 4.78 is 16.9. The summed E-state index contributed by atoms with van der Waals surface area (Å²) in [4.78, 5) is 12.6. The van der Waals surface area contributed by atoms with Crippen LogP contribution in [-0.2, 0) is 6.42 Å². The molecule has 29 heavy (non-hydrogen) atoms. The lowest BCUT2D eigenvalue weighted by Crippen LogP contribution is -2.03. The number of carbonyl (C=O) groups excluding carboxylic acids is 1. The van der Waals surface area contributed by atoms with E-state index in [0.717, 1.165) is 41.2 Å². The lowest BCUT2D eigenvalue weighted by Gasteiger charge is -2.16. The van der Waals surface area contributed by atoms with Crippen molar-refractivity contribution in [1.82, 2.24) is 0 Å². The van der Waals surface area contributed by atoms with E-state index in [2.05, 4.69) is 20.4 Å². The molecular formula is C25H30O4. The number of hydrogen-bond acceptors (Lipinski definition) is 4. The van der Waals surface area contributed by atoms with Crippen LogP contribution in [0.2, 0.25) is 0 Å². The molecule has 0 aliphatic rings. The van der Waals surface area contributed by atoms with E-state index in [1.807, 2.05) is 24.3 Å². The third-order valence-electron chi connectivity index (χ3n) is 4.29. The molecule has 4 nitrogen and oxygen atoms in total. The average Bonchev–Trinajstić information content (AvgIpc) is 2.76. The normalized spacial score (nSPS) is 10.7. The Morgan fingerprint density at radius 1 is 1.00 bits per heavy atom. The molecule has 154 valence electrons. The van der Waals surface area contributed by atoms with E-state index in [1.54, 1.807) is 37.5 Å². The Bertz CT molecular complexity index is 835. The summed E-state index contributed by atoms with van der Waals surface area (Å²) in [5, 5.41) is 0. The highest BCUT2D eigenvalue weighted by atomic mass is 16.5. The standard InChI is InChI=1S/C25H30O4/c1-5-8-23-20(11-14-24(26)19-9-12-21(27-4)13-10-19)17-22(28-15-6-2)18-25(23)29-16-7-3/h5,9-14,17-18H,1,6-8,15-16H2,2-4H3. The summed E-state index contributed by atoms with van der Waals surface area (Å²) in [6.45, 7) is 9.24. The van der Waals surface area contributed by atoms with Crippen LogP contribution in [0.15, 0.2) is 55.1 Å². The molecular weight excluding hydrogens is 364 g/mol. The minimum atomic E-state index is -0.0758. The minimum absolute atomic E-state index is 0.0758. The zero-order chi connectivity index (χ0) is 21.1. The fraction of sp³-hybridized carbons (Fsp3) is 0.320. The van der Waals surface area contributed by atoms with Gasteiger partial charge in [-0.25, -0.2) is 0 Å². The molecule has 0 N–H and O–H groups in total. The quantitative estimate of drug-likeness (QED) is 0.255. The Labute approximate surface area is 173 Å². The van der Waals surface area contributed by atoms with Crippen molar-refractivity contribution in [1.29, 1.82) is 0 Å². The van der Waals surface area contributed by atoms with Gasteiger partial charge < -0.3 is 14.2 Å². The van der Waals surface area contributed by atoms with Crippen molar-refractivity contribution in [2.24, 2.45) is 0 Å². The third-order valence-corrected chi connectivity index (χ3v) is 4.29. The van der Waals surface area contributed by atoms with Crippen molar-refractivity contribution in [2.75, 3.05) is 20.3 Å². The van der Waals surface area contributed by atoms with E-state index in [1.165, 1.54) is 0 Å². The molecule has 0 atom stereocenters. The Morgan fingerprint density at radius 3 is 2.31 bits per heavy atom. The van der Waals surface area contributed by atoms with Crippen molar-refractivity contribution in [2.45, 2.75) is 33.1 Å². The summed E-state index contributed by atoms with van der Waals surface area (Å²) in [5.41, 5.74) is 2.50. The van der Waals surface area contributed by atoms with Crippen molar-refractivity contribution in [3.8, 4) is 17.2 Å². The van der Waals surface area contributed by atoms with Crippen molar-refractivity contribution in [3.05, 3.63) is 71.8 Å². The molecule has 0 spiro atoms. The van der Waals surface area contributed by atoms with Crippen LogP contribution in [0.5, 0.6) is 17.2 Å². The van der Waals surface area contributed by atoms with Gasteiger partial charge in [-0.15, -0.1) is 6.58 Å². The number of hydrogen-bond donors (Lipinski definition) is 0. The molecule has 0 aliphatic heterocycles. The number of methoxy groups -OCH3 is 1. The van der Waals surface area contributed by atoms with Crippen LogP contribution in [-0.4, -0.2) is 26.1 Å². The summed E-state index contributed by atoms with van der Waals surface area (Å²) >= 11 is 0. The van der Waals surface area contributed by atoms with Gasteiger partial charge in [0.25, 0.3) is 0 Å². The first kappa shape index (κ1) is 22.3. The van der Waals surface area contributed by atoms with Gasteiger partial charge in [0.2, 0.25) is 0 Å². The van der Waals surface area contributed by atoms with Gasteiger partial charge in [0.05, 0.1) is 20.3 Å². The second-order valence-electron chi connectivity index (χ2n) is 6.60. The van der Waals surface area contributed by atoms with Gasteiger partial charge in [-0.05, 0) is 61.2 Å². The van der Waals surface area contributed by atoms with Crippen LogP contribution in [0.1, 0.15) is 48.2 Å². The summed E-state index contributed by atoms with van der Waals surface area (Å²) in [6.07, 6.45) is 7.71. The van der Waals surface area contributed by atoms with E-state index in [0.29, 0.717) is 25.2 Å². The zero-order valence-electron chi connectivity index (χ0n) is 17.6. The Balaban J connectivity index is 2.36. The number of benzene rings is 2. The molecule has 0 heterocycles. The number of ketones is 1. The maximum absolute atomic E-state index is 12.6. The molecule has 0 amide bonds. The monoisotopic (exact) mass is 394 g/mol. The molecule has 0 aliphatic carbocycles. The topological polar surface area (TPSA) is 44.8 Å². The predicted molar refractivity (Wildman–Crippen MR) is 118 cm³/mol. The van der Waals surface area contributed by atoms with Gasteiger partial charge in [-0.2, -0.15) is 0 Å². The molecule has 0 unspecified atom stereocenters.